The van der Waals surface area contributed by atoms with Gasteiger partial charge in [0.1, 0.15) is 29.0 Å². The molecule has 2 aromatic carbocycles. The van der Waals surface area contributed by atoms with Crippen LogP contribution in [0.4, 0.5) is 0 Å². The molecule has 2 heterocycles. The number of fused-ring (bicyclic) bond motifs is 2. The third-order valence-corrected chi connectivity index (χ3v) is 9.15. The van der Waals surface area contributed by atoms with Crippen molar-refractivity contribution in [2.45, 2.75) is 160 Å². The molecule has 3 N–H and O–H groups in total. The molecule has 2 aromatic rings. The van der Waals surface area contributed by atoms with E-state index in [2.05, 4.69) is 6.92 Å². The van der Waals surface area contributed by atoms with Crippen LogP contribution in [-0.4, -0.2) is 91.4 Å². The Morgan fingerprint density at radius 3 is 1.79 bits per heavy atom. The van der Waals surface area contributed by atoms with E-state index in [1.807, 2.05) is 60.7 Å². The highest BCUT2D eigenvalue weighted by molar-refractivity contribution is 5.99. The molecular formula is C41H58O12. The molecule has 2 bridgehead atoms. The first kappa shape index (κ1) is 42.4. The normalized spacial score (nSPS) is 28.5. The molecule has 2 saturated heterocycles. The molecule has 53 heavy (non-hydrogen) atoms. The summed E-state index contributed by atoms with van der Waals surface area (Å²) in [5.74, 6) is -6.41. The minimum Gasteiger partial charge on any atom is -0.458 e. The second-order valence-electron chi connectivity index (χ2n) is 17.2. The van der Waals surface area contributed by atoms with Crippen LogP contribution in [-0.2, 0) is 55.8 Å². The van der Waals surface area contributed by atoms with Gasteiger partial charge in [0, 0.05) is 6.42 Å². The van der Waals surface area contributed by atoms with E-state index in [1.165, 1.54) is 41.5 Å². The summed E-state index contributed by atoms with van der Waals surface area (Å²) in [6.07, 6.45) is -5.80. The van der Waals surface area contributed by atoms with Crippen molar-refractivity contribution >= 4 is 17.9 Å². The minimum atomic E-state index is -3.38. The van der Waals surface area contributed by atoms with Gasteiger partial charge in [-0.2, -0.15) is 0 Å². The van der Waals surface area contributed by atoms with E-state index in [-0.39, 0.29) is 24.9 Å². The third kappa shape index (κ3) is 9.47. The van der Waals surface area contributed by atoms with Crippen LogP contribution in [0.3, 0.4) is 0 Å². The van der Waals surface area contributed by atoms with Crippen molar-refractivity contribution in [3.05, 3.63) is 71.8 Å². The number of hydrogen-bond acceptors (Lipinski definition) is 12. The Labute approximate surface area is 313 Å². The summed E-state index contributed by atoms with van der Waals surface area (Å²) in [6, 6.07) is 19.7. The van der Waals surface area contributed by atoms with Gasteiger partial charge >= 0.3 is 17.9 Å². The van der Waals surface area contributed by atoms with Crippen LogP contribution >= 0.6 is 0 Å². The van der Waals surface area contributed by atoms with E-state index < -0.39 is 70.0 Å². The quantitative estimate of drug-likeness (QED) is 0.187. The average Bonchev–Trinajstić information content (AvgIpc) is 3.23. The molecule has 12 nitrogen and oxygen atoms in total. The van der Waals surface area contributed by atoms with Crippen LogP contribution in [0.1, 0.15) is 99.6 Å². The molecule has 0 aliphatic carbocycles. The average molecular weight is 743 g/mol. The molecule has 0 radical (unpaired) electrons. The van der Waals surface area contributed by atoms with Gasteiger partial charge in [-0.25, -0.2) is 14.4 Å². The molecule has 0 saturated carbocycles. The summed E-state index contributed by atoms with van der Waals surface area (Å²) in [5.41, 5.74) is -7.96. The summed E-state index contributed by atoms with van der Waals surface area (Å²) in [7, 11) is 0. The molecule has 0 amide bonds. The highest BCUT2D eigenvalue weighted by Crippen LogP contribution is 2.56. The Morgan fingerprint density at radius 2 is 1.26 bits per heavy atom. The lowest BCUT2D eigenvalue weighted by Crippen LogP contribution is -2.79. The number of aliphatic hydroxyl groups excluding tert-OH is 2. The molecular weight excluding hydrogens is 684 g/mol. The first-order valence-electron chi connectivity index (χ1n) is 18.3. The summed E-state index contributed by atoms with van der Waals surface area (Å²) in [6.45, 7) is 16.3. The van der Waals surface area contributed by atoms with E-state index in [4.69, 9.17) is 28.4 Å². The van der Waals surface area contributed by atoms with Gasteiger partial charge in [-0.15, -0.1) is 0 Å². The fourth-order valence-electron chi connectivity index (χ4n) is 6.83. The highest BCUT2D eigenvalue weighted by atomic mass is 16.8. The van der Waals surface area contributed by atoms with Crippen LogP contribution in [0.15, 0.2) is 60.7 Å². The van der Waals surface area contributed by atoms with Crippen molar-refractivity contribution in [3.63, 3.8) is 0 Å². The lowest BCUT2D eigenvalue weighted by Gasteiger charge is -2.51. The van der Waals surface area contributed by atoms with Crippen molar-refractivity contribution in [1.29, 1.82) is 0 Å². The Hall–Kier alpha value is -3.39. The summed E-state index contributed by atoms with van der Waals surface area (Å²) >= 11 is 0. The minimum absolute atomic E-state index is 0.0264. The largest absolute Gasteiger partial charge is 0.458 e. The van der Waals surface area contributed by atoms with Crippen molar-refractivity contribution in [1.82, 2.24) is 0 Å². The SMILES string of the molecule is C[C@H](Cc1ccccc1)[C@@H](CCC[C@]12O[C@H](C(=O)OC(C)(C)C)[C@@](O)(C(=O)OC(C)(C)C)[C@](C(=O)OC(C)(C)C)(O1)[C@H](O)[C@H]2O)OCc1ccccc1. The van der Waals surface area contributed by atoms with Crippen molar-refractivity contribution in [2.24, 2.45) is 5.92 Å². The van der Waals surface area contributed by atoms with Gasteiger partial charge in [-0.3, -0.25) is 0 Å². The van der Waals surface area contributed by atoms with Crippen LogP contribution in [0.25, 0.3) is 0 Å². The molecule has 4 rings (SSSR count). The molecule has 2 aliphatic rings. The number of benzene rings is 2. The standard InChI is InChI=1S/C41H58O12/c1-26(24-27-18-13-11-14-19-27)29(48-25-28-20-15-12-16-21-28)22-17-23-39-30(42)31(43)41(53-39,35(46)52-38(8,9)10)40(47,34(45)51-37(5,6)7)32(49-39)33(44)50-36(2,3)4/h11-16,18-21,26,29-32,42-43,47H,17,22-25H2,1-10H3/t26-,29-,30-,31-,32-,39+,40-,41+/m1/s1. The van der Waals surface area contributed by atoms with Crippen molar-refractivity contribution in [2.75, 3.05) is 0 Å². The van der Waals surface area contributed by atoms with Gasteiger partial charge in [-0.05, 0) is 98.6 Å². The Bertz CT molecular complexity index is 1560. The zero-order valence-corrected chi connectivity index (χ0v) is 32.7. The van der Waals surface area contributed by atoms with Gasteiger partial charge in [0.2, 0.25) is 17.3 Å². The summed E-state index contributed by atoms with van der Waals surface area (Å²) in [5, 5.41) is 36.1. The van der Waals surface area contributed by atoms with Gasteiger partial charge in [0.05, 0.1) is 12.7 Å². The van der Waals surface area contributed by atoms with E-state index in [1.54, 1.807) is 20.8 Å². The molecule has 2 fully saturated rings. The predicted octanol–water partition coefficient (Wildman–Crippen LogP) is 4.96. The molecule has 2 aliphatic heterocycles. The van der Waals surface area contributed by atoms with Crippen LogP contribution in [0.5, 0.6) is 0 Å². The summed E-state index contributed by atoms with van der Waals surface area (Å²) in [4.78, 5) is 42.4. The summed E-state index contributed by atoms with van der Waals surface area (Å²) < 4.78 is 35.7. The number of aliphatic hydroxyl groups is 3. The molecule has 0 spiro atoms. The maximum absolute atomic E-state index is 14.3. The monoisotopic (exact) mass is 742 g/mol. The van der Waals surface area contributed by atoms with E-state index in [0.717, 1.165) is 11.1 Å². The third-order valence-electron chi connectivity index (χ3n) is 9.15. The van der Waals surface area contributed by atoms with Gasteiger partial charge in [0.15, 0.2) is 5.79 Å². The fourth-order valence-corrected chi connectivity index (χ4v) is 6.83. The Morgan fingerprint density at radius 1 is 0.755 bits per heavy atom. The van der Waals surface area contributed by atoms with Crippen LogP contribution in [0, 0.1) is 5.92 Å². The number of carbonyl (C=O) groups excluding carboxylic acids is 3. The number of carbonyl (C=O) groups is 3. The van der Waals surface area contributed by atoms with Gasteiger partial charge in [0.25, 0.3) is 0 Å². The fraction of sp³-hybridized carbons (Fsp3) is 0.634. The maximum atomic E-state index is 14.3. The second-order valence-corrected chi connectivity index (χ2v) is 17.2. The van der Waals surface area contributed by atoms with E-state index in [9.17, 15) is 29.7 Å². The topological polar surface area (TPSA) is 167 Å². The first-order valence-corrected chi connectivity index (χ1v) is 18.3. The van der Waals surface area contributed by atoms with Crippen LogP contribution < -0.4 is 0 Å². The Balaban J connectivity index is 1.74. The highest BCUT2D eigenvalue weighted by Gasteiger charge is 2.85. The molecule has 294 valence electrons. The van der Waals surface area contributed by atoms with Gasteiger partial charge < -0.3 is 43.7 Å². The van der Waals surface area contributed by atoms with Gasteiger partial charge in [-0.1, -0.05) is 67.6 Å². The molecule has 0 unspecified atom stereocenters. The zero-order valence-electron chi connectivity index (χ0n) is 32.7. The molecule has 12 heteroatoms. The van der Waals surface area contributed by atoms with Crippen molar-refractivity contribution in [3.8, 4) is 0 Å². The van der Waals surface area contributed by atoms with Crippen molar-refractivity contribution < 1.29 is 58.1 Å². The smallest absolute Gasteiger partial charge is 0.346 e. The van der Waals surface area contributed by atoms with Crippen LogP contribution in [0.2, 0.25) is 0 Å². The number of ether oxygens (including phenoxy) is 6. The lowest BCUT2D eigenvalue weighted by molar-refractivity contribution is -0.378. The lowest BCUT2D eigenvalue weighted by atomic mass is 9.74. The molecule has 8 atom stereocenters. The van der Waals surface area contributed by atoms with E-state index >= 15 is 0 Å². The number of hydrogen-bond donors (Lipinski definition) is 3. The number of esters is 3. The second kappa shape index (κ2) is 15.8. The predicted molar refractivity (Wildman–Crippen MR) is 194 cm³/mol. The molecule has 0 aromatic heterocycles. The zero-order chi connectivity index (χ0) is 39.6. The maximum Gasteiger partial charge on any atom is 0.346 e. The first-order chi connectivity index (χ1) is 24.4. The Kier molecular flexibility index (Phi) is 12.6. The number of rotatable bonds is 13. The van der Waals surface area contributed by atoms with E-state index in [0.29, 0.717) is 19.4 Å².